The summed E-state index contributed by atoms with van der Waals surface area (Å²) in [5.41, 5.74) is 3.96. The molecule has 0 unspecified atom stereocenters. The normalized spacial score (nSPS) is 16.5. The number of carbonyl (C=O) groups excluding carboxylic acids is 1. The van der Waals surface area contributed by atoms with Crippen molar-refractivity contribution in [3.63, 3.8) is 0 Å². The predicted molar refractivity (Wildman–Crippen MR) is 167 cm³/mol. The topological polar surface area (TPSA) is 125 Å². The number of benzene rings is 4. The maximum absolute atomic E-state index is 13.5. The van der Waals surface area contributed by atoms with Crippen LogP contribution in [0.25, 0.3) is 0 Å². The van der Waals surface area contributed by atoms with Gasteiger partial charge in [0.05, 0.1) is 16.0 Å². The van der Waals surface area contributed by atoms with Gasteiger partial charge in [-0.3, -0.25) is 4.79 Å². The molecule has 0 spiro atoms. The molecular weight excluding hydrogens is 624 g/mol. The Labute approximate surface area is 261 Å². The summed E-state index contributed by atoms with van der Waals surface area (Å²) in [5, 5.41) is 4.64. The van der Waals surface area contributed by atoms with E-state index in [1.165, 1.54) is 30.5 Å². The molecule has 0 bridgehead atoms. The Kier molecular flexibility index (Phi) is 9.77. The summed E-state index contributed by atoms with van der Waals surface area (Å²) in [6.07, 6.45) is 1.40. The lowest BCUT2D eigenvalue weighted by Crippen LogP contribution is -2.60. The van der Waals surface area contributed by atoms with Crippen LogP contribution in [0.3, 0.4) is 0 Å². The molecule has 4 aromatic rings. The molecule has 0 aliphatic carbocycles. The molecule has 1 atom stereocenters. The van der Waals surface area contributed by atoms with Gasteiger partial charge in [-0.1, -0.05) is 60.1 Å². The first-order chi connectivity index (χ1) is 21.1. The van der Waals surface area contributed by atoms with Crippen LogP contribution in [-0.2, 0) is 31.4 Å². The summed E-state index contributed by atoms with van der Waals surface area (Å²) in [5.74, 6) is -0.148. The van der Waals surface area contributed by atoms with Gasteiger partial charge in [0.15, 0.2) is 0 Å². The second-order valence-corrected chi connectivity index (χ2v) is 14.1. The number of ether oxygens (including phenoxy) is 1. The maximum Gasteiger partial charge on any atom is 0.259 e. The fourth-order valence-corrected chi connectivity index (χ4v) is 7.88. The Balaban J connectivity index is 1.30. The zero-order chi connectivity index (χ0) is 31.2. The minimum atomic E-state index is -4.12. The Morgan fingerprint density at radius 1 is 0.841 bits per heavy atom. The van der Waals surface area contributed by atoms with Crippen LogP contribution >= 0.6 is 11.6 Å². The van der Waals surface area contributed by atoms with Gasteiger partial charge < -0.3 is 4.74 Å². The van der Waals surface area contributed by atoms with Crippen molar-refractivity contribution < 1.29 is 26.4 Å². The molecule has 1 saturated heterocycles. The number of hydrazone groups is 1. The summed E-state index contributed by atoms with van der Waals surface area (Å²) in [4.78, 5) is 13.5. The van der Waals surface area contributed by atoms with Crippen LogP contribution < -0.4 is 10.2 Å². The third kappa shape index (κ3) is 7.34. The van der Waals surface area contributed by atoms with E-state index in [-0.39, 0.29) is 29.4 Å². The first kappa shape index (κ1) is 31.4. The Hall–Kier alpha value is -4.07. The molecule has 0 aromatic heterocycles. The lowest BCUT2D eigenvalue weighted by Gasteiger charge is -2.38. The molecule has 1 N–H and O–H groups in total. The zero-order valence-corrected chi connectivity index (χ0v) is 25.7. The average Bonchev–Trinajstić information content (AvgIpc) is 3.05. The van der Waals surface area contributed by atoms with Gasteiger partial charge in [0.25, 0.3) is 5.91 Å². The van der Waals surface area contributed by atoms with Crippen molar-refractivity contribution in [2.75, 3.05) is 19.6 Å². The monoisotopic (exact) mass is 652 g/mol. The summed E-state index contributed by atoms with van der Waals surface area (Å²) in [6.45, 7) is -0.391. The van der Waals surface area contributed by atoms with Crippen molar-refractivity contribution in [2.24, 2.45) is 5.10 Å². The molecule has 1 fully saturated rings. The highest BCUT2D eigenvalue weighted by Gasteiger charge is 2.43. The fraction of sp³-hybridized carbons (Fsp3) is 0.161. The predicted octanol–water partition coefficient (Wildman–Crippen LogP) is 4.13. The van der Waals surface area contributed by atoms with E-state index in [1.54, 1.807) is 66.7 Å². The molecule has 1 amide bonds. The number of piperazine rings is 1. The lowest BCUT2D eigenvalue weighted by molar-refractivity contribution is -0.125. The summed E-state index contributed by atoms with van der Waals surface area (Å²) >= 11 is 6.02. The number of carbonyl (C=O) groups is 1. The number of halogens is 1. The molecule has 228 valence electrons. The molecule has 0 radical (unpaired) electrons. The van der Waals surface area contributed by atoms with Crippen LogP contribution in [0.1, 0.15) is 11.1 Å². The Morgan fingerprint density at radius 3 is 2.11 bits per heavy atom. The third-order valence-corrected chi connectivity index (χ3v) is 10.9. The van der Waals surface area contributed by atoms with Gasteiger partial charge in [-0.25, -0.2) is 22.3 Å². The minimum Gasteiger partial charge on any atom is -0.489 e. The van der Waals surface area contributed by atoms with Gasteiger partial charge in [-0.05, 0) is 71.8 Å². The van der Waals surface area contributed by atoms with E-state index in [0.29, 0.717) is 22.9 Å². The van der Waals surface area contributed by atoms with E-state index in [2.05, 4.69) is 10.5 Å². The number of rotatable bonds is 10. The van der Waals surface area contributed by atoms with Crippen molar-refractivity contribution in [3.8, 4) is 5.75 Å². The highest BCUT2D eigenvalue weighted by Crippen LogP contribution is 2.25. The van der Waals surface area contributed by atoms with E-state index in [0.717, 1.165) is 14.2 Å². The van der Waals surface area contributed by atoms with Crippen LogP contribution in [0.5, 0.6) is 5.75 Å². The summed E-state index contributed by atoms with van der Waals surface area (Å²) in [6, 6.07) is 28.5. The van der Waals surface area contributed by atoms with Crippen LogP contribution in [0.2, 0.25) is 5.02 Å². The number of sulfonamides is 2. The fourth-order valence-electron chi connectivity index (χ4n) is 4.62. The second kappa shape index (κ2) is 13.7. The first-order valence-electron chi connectivity index (χ1n) is 13.6. The average molecular weight is 653 g/mol. The summed E-state index contributed by atoms with van der Waals surface area (Å²) in [7, 11) is -8.10. The van der Waals surface area contributed by atoms with Gasteiger partial charge in [0.2, 0.25) is 20.0 Å². The highest BCUT2D eigenvalue weighted by atomic mass is 35.5. The molecule has 0 saturated carbocycles. The quantitative estimate of drug-likeness (QED) is 0.203. The van der Waals surface area contributed by atoms with E-state index >= 15 is 0 Å². The van der Waals surface area contributed by atoms with Crippen LogP contribution in [-0.4, -0.2) is 63.2 Å². The molecule has 1 heterocycles. The van der Waals surface area contributed by atoms with Gasteiger partial charge in [0.1, 0.15) is 18.4 Å². The van der Waals surface area contributed by atoms with Crippen molar-refractivity contribution in [1.29, 1.82) is 0 Å². The Bertz CT molecular complexity index is 1840. The van der Waals surface area contributed by atoms with E-state index in [9.17, 15) is 21.6 Å². The first-order valence-corrected chi connectivity index (χ1v) is 16.8. The molecule has 5 rings (SSSR count). The molecule has 1 aliphatic rings. The van der Waals surface area contributed by atoms with Gasteiger partial charge in [0, 0.05) is 24.7 Å². The van der Waals surface area contributed by atoms with Crippen LogP contribution in [0, 0.1) is 0 Å². The van der Waals surface area contributed by atoms with Crippen molar-refractivity contribution in [3.05, 3.63) is 125 Å². The largest absolute Gasteiger partial charge is 0.489 e. The molecule has 1 aliphatic heterocycles. The third-order valence-electron chi connectivity index (χ3n) is 6.89. The van der Waals surface area contributed by atoms with E-state index in [4.69, 9.17) is 16.3 Å². The summed E-state index contributed by atoms with van der Waals surface area (Å²) < 4.78 is 61.7. The number of nitrogens with one attached hydrogen (secondary N) is 1. The van der Waals surface area contributed by atoms with Gasteiger partial charge in [-0.15, -0.1) is 0 Å². The van der Waals surface area contributed by atoms with Gasteiger partial charge in [-0.2, -0.15) is 13.7 Å². The second-order valence-electron chi connectivity index (χ2n) is 9.84. The highest BCUT2D eigenvalue weighted by molar-refractivity contribution is 7.89. The van der Waals surface area contributed by atoms with Crippen molar-refractivity contribution >= 4 is 43.8 Å². The number of amides is 1. The van der Waals surface area contributed by atoms with E-state index < -0.39 is 32.0 Å². The van der Waals surface area contributed by atoms with Gasteiger partial charge >= 0.3 is 0 Å². The smallest absolute Gasteiger partial charge is 0.259 e. The SMILES string of the molecule is O=C(N/N=C\c1ccc(OCc2cccc(Cl)c2)cc1)[C@@H]1CN(S(=O)(=O)c2ccccc2)CCN1S(=O)(=O)c1ccccc1. The zero-order valence-electron chi connectivity index (χ0n) is 23.4. The van der Waals surface area contributed by atoms with Crippen LogP contribution in [0.15, 0.2) is 124 Å². The van der Waals surface area contributed by atoms with E-state index in [1.807, 2.05) is 18.2 Å². The lowest BCUT2D eigenvalue weighted by atomic mass is 10.2. The standard InChI is InChI=1S/C31H29ClN4O6S2/c32-26-9-7-8-25(20-26)23-42-27-16-14-24(15-17-27)21-33-34-31(37)30-22-35(43(38,39)28-10-3-1-4-11-28)18-19-36(30)44(40,41)29-12-5-2-6-13-29/h1-17,20-21,30H,18-19,22-23H2,(H,34,37)/b33-21-/t30-/m0/s1. The van der Waals surface area contributed by atoms with Crippen molar-refractivity contribution in [2.45, 2.75) is 22.4 Å². The molecule has 4 aromatic carbocycles. The molecule has 44 heavy (non-hydrogen) atoms. The molecule has 10 nitrogen and oxygen atoms in total. The van der Waals surface area contributed by atoms with Crippen molar-refractivity contribution in [1.82, 2.24) is 14.0 Å². The number of nitrogens with zero attached hydrogens (tertiary/aromatic N) is 3. The Morgan fingerprint density at radius 2 is 1.48 bits per heavy atom. The number of hydrogen-bond donors (Lipinski definition) is 1. The minimum absolute atomic E-state index is 0.00154. The number of hydrogen-bond acceptors (Lipinski definition) is 7. The van der Waals surface area contributed by atoms with Crippen LogP contribution in [0.4, 0.5) is 0 Å². The molecular formula is C31H29ClN4O6S2. The maximum atomic E-state index is 13.5. The molecule has 13 heteroatoms.